The van der Waals surface area contributed by atoms with Crippen LogP contribution in [0.5, 0.6) is 0 Å². The molecular weight excluding hydrogens is 316 g/mol. The Labute approximate surface area is 136 Å². The molecule has 1 aromatic heterocycles. The van der Waals surface area contributed by atoms with Gasteiger partial charge in [-0.3, -0.25) is 4.90 Å². The predicted molar refractivity (Wildman–Crippen MR) is 87.3 cm³/mol. The summed E-state index contributed by atoms with van der Waals surface area (Å²) in [7, 11) is -1.40. The van der Waals surface area contributed by atoms with Crippen LogP contribution in [-0.2, 0) is 16.6 Å². The standard InChI is InChI=1S/C15H22N4O3S/c1-3-23(20,21)18(2)13-6-8-19(9-7-13)11-12-4-5-14-15(10-12)17-22-16-14/h4-5,10,13H,3,6-9,11H2,1-2H3. The van der Waals surface area contributed by atoms with Gasteiger partial charge in [0.15, 0.2) is 0 Å². The molecular formula is C15H22N4O3S. The second kappa shape index (κ2) is 6.54. The van der Waals surface area contributed by atoms with E-state index in [-0.39, 0.29) is 11.8 Å². The van der Waals surface area contributed by atoms with Crippen molar-refractivity contribution in [3.63, 3.8) is 0 Å². The minimum Gasteiger partial charge on any atom is -0.299 e. The zero-order chi connectivity index (χ0) is 16.4. The summed E-state index contributed by atoms with van der Waals surface area (Å²) < 4.78 is 30.2. The number of rotatable bonds is 5. The molecule has 126 valence electrons. The van der Waals surface area contributed by atoms with E-state index in [1.807, 2.05) is 18.2 Å². The highest BCUT2D eigenvalue weighted by Gasteiger charge is 2.28. The third-order valence-corrected chi connectivity index (χ3v) is 6.50. The lowest BCUT2D eigenvalue weighted by Crippen LogP contribution is -2.45. The van der Waals surface area contributed by atoms with Crippen LogP contribution in [-0.4, -0.2) is 59.9 Å². The molecule has 1 aromatic carbocycles. The number of benzene rings is 1. The van der Waals surface area contributed by atoms with Gasteiger partial charge in [0.25, 0.3) is 0 Å². The highest BCUT2D eigenvalue weighted by Crippen LogP contribution is 2.21. The third-order valence-electron chi connectivity index (χ3n) is 4.60. The molecule has 0 radical (unpaired) electrons. The van der Waals surface area contributed by atoms with Crippen LogP contribution < -0.4 is 0 Å². The number of aromatic nitrogens is 2. The summed E-state index contributed by atoms with van der Waals surface area (Å²) in [5.74, 6) is 0.162. The van der Waals surface area contributed by atoms with Crippen LogP contribution in [0, 0.1) is 0 Å². The number of likely N-dealkylation sites (tertiary alicyclic amines) is 1. The van der Waals surface area contributed by atoms with E-state index in [0.717, 1.165) is 43.5 Å². The van der Waals surface area contributed by atoms with Crippen molar-refractivity contribution in [3.05, 3.63) is 23.8 Å². The average molecular weight is 338 g/mol. The van der Waals surface area contributed by atoms with Crippen molar-refractivity contribution in [2.45, 2.75) is 32.4 Å². The fraction of sp³-hybridized carbons (Fsp3) is 0.600. The summed E-state index contributed by atoms with van der Waals surface area (Å²) >= 11 is 0. The summed E-state index contributed by atoms with van der Waals surface area (Å²) in [5.41, 5.74) is 2.70. The molecule has 0 unspecified atom stereocenters. The van der Waals surface area contributed by atoms with Crippen LogP contribution in [0.4, 0.5) is 0 Å². The largest absolute Gasteiger partial charge is 0.299 e. The minimum absolute atomic E-state index is 0.110. The molecule has 0 atom stereocenters. The van der Waals surface area contributed by atoms with Crippen LogP contribution in [0.25, 0.3) is 11.0 Å². The highest BCUT2D eigenvalue weighted by molar-refractivity contribution is 7.89. The SMILES string of the molecule is CCS(=O)(=O)N(C)C1CCN(Cc2ccc3nonc3c2)CC1. The van der Waals surface area contributed by atoms with Crippen LogP contribution in [0.15, 0.2) is 22.8 Å². The lowest BCUT2D eigenvalue weighted by Gasteiger charge is -2.36. The molecule has 0 bridgehead atoms. The van der Waals surface area contributed by atoms with Crippen LogP contribution in [0.2, 0.25) is 0 Å². The zero-order valence-electron chi connectivity index (χ0n) is 13.5. The molecule has 0 spiro atoms. The number of fused-ring (bicyclic) bond motifs is 1. The number of piperidine rings is 1. The molecule has 8 heteroatoms. The molecule has 0 aliphatic carbocycles. The second-order valence-electron chi connectivity index (χ2n) is 6.01. The summed E-state index contributed by atoms with van der Waals surface area (Å²) in [6.07, 6.45) is 1.73. The molecule has 2 heterocycles. The lowest BCUT2D eigenvalue weighted by molar-refractivity contribution is 0.164. The fourth-order valence-corrected chi connectivity index (χ4v) is 4.13. The Morgan fingerprint density at radius 2 is 1.96 bits per heavy atom. The maximum Gasteiger partial charge on any atom is 0.213 e. The second-order valence-corrected chi connectivity index (χ2v) is 8.33. The molecule has 0 N–H and O–H groups in total. The number of sulfonamides is 1. The third kappa shape index (κ3) is 3.54. The van der Waals surface area contributed by atoms with Gasteiger partial charge in [0.1, 0.15) is 11.0 Å². The van der Waals surface area contributed by atoms with E-state index in [0.29, 0.717) is 0 Å². The molecule has 7 nitrogen and oxygen atoms in total. The van der Waals surface area contributed by atoms with Gasteiger partial charge in [0, 0.05) is 32.7 Å². The Morgan fingerprint density at radius 1 is 1.26 bits per heavy atom. The molecule has 1 fully saturated rings. The Kier molecular flexibility index (Phi) is 4.65. The van der Waals surface area contributed by atoms with Crippen molar-refractivity contribution < 1.29 is 13.0 Å². The van der Waals surface area contributed by atoms with Gasteiger partial charge in [-0.15, -0.1) is 0 Å². The highest BCUT2D eigenvalue weighted by atomic mass is 32.2. The smallest absolute Gasteiger partial charge is 0.213 e. The van der Waals surface area contributed by atoms with E-state index in [1.165, 1.54) is 5.56 Å². The van der Waals surface area contributed by atoms with E-state index in [2.05, 4.69) is 15.2 Å². The quantitative estimate of drug-likeness (QED) is 0.821. The Balaban J connectivity index is 1.58. The first kappa shape index (κ1) is 16.4. The Bertz CT molecular complexity index is 766. The van der Waals surface area contributed by atoms with Gasteiger partial charge in [-0.25, -0.2) is 17.4 Å². The zero-order valence-corrected chi connectivity index (χ0v) is 14.3. The van der Waals surface area contributed by atoms with Gasteiger partial charge in [0.2, 0.25) is 10.0 Å². The van der Waals surface area contributed by atoms with Crippen molar-refractivity contribution in [1.29, 1.82) is 0 Å². The number of hydrogen-bond donors (Lipinski definition) is 0. The van der Waals surface area contributed by atoms with Crippen molar-refractivity contribution in [2.75, 3.05) is 25.9 Å². The molecule has 23 heavy (non-hydrogen) atoms. The van der Waals surface area contributed by atoms with E-state index < -0.39 is 10.0 Å². The van der Waals surface area contributed by atoms with Crippen LogP contribution in [0.1, 0.15) is 25.3 Å². The van der Waals surface area contributed by atoms with Gasteiger partial charge in [-0.2, -0.15) is 0 Å². The van der Waals surface area contributed by atoms with Gasteiger partial charge < -0.3 is 0 Å². The van der Waals surface area contributed by atoms with Crippen molar-refractivity contribution in [3.8, 4) is 0 Å². The fourth-order valence-electron chi connectivity index (χ4n) is 3.06. The molecule has 1 aliphatic rings. The van der Waals surface area contributed by atoms with Crippen molar-refractivity contribution in [1.82, 2.24) is 19.5 Å². The van der Waals surface area contributed by atoms with Crippen molar-refractivity contribution >= 4 is 21.1 Å². The van der Waals surface area contributed by atoms with Gasteiger partial charge in [-0.05, 0) is 47.8 Å². The van der Waals surface area contributed by atoms with Gasteiger partial charge >= 0.3 is 0 Å². The van der Waals surface area contributed by atoms with E-state index in [4.69, 9.17) is 4.63 Å². The number of hydrogen-bond acceptors (Lipinski definition) is 6. The summed E-state index contributed by atoms with van der Waals surface area (Å²) in [6, 6.07) is 6.05. The summed E-state index contributed by atoms with van der Waals surface area (Å²) in [4.78, 5) is 2.34. The maximum atomic E-state index is 12.0. The molecule has 2 aromatic rings. The molecule has 1 saturated heterocycles. The summed E-state index contributed by atoms with van der Waals surface area (Å²) in [5, 5.41) is 7.67. The van der Waals surface area contributed by atoms with E-state index in [1.54, 1.807) is 18.3 Å². The molecule has 3 rings (SSSR count). The summed E-state index contributed by atoms with van der Waals surface area (Å²) in [6.45, 7) is 4.31. The van der Waals surface area contributed by atoms with E-state index in [9.17, 15) is 8.42 Å². The average Bonchev–Trinajstić information content (AvgIpc) is 3.02. The van der Waals surface area contributed by atoms with Gasteiger partial charge in [0.05, 0.1) is 5.75 Å². The van der Waals surface area contributed by atoms with Crippen LogP contribution >= 0.6 is 0 Å². The predicted octanol–water partition coefficient (Wildman–Crippen LogP) is 1.47. The first-order valence-corrected chi connectivity index (χ1v) is 9.50. The molecule has 0 amide bonds. The Hall–Kier alpha value is -1.51. The van der Waals surface area contributed by atoms with Crippen LogP contribution in [0.3, 0.4) is 0 Å². The maximum absolute atomic E-state index is 12.0. The monoisotopic (exact) mass is 338 g/mol. The van der Waals surface area contributed by atoms with Gasteiger partial charge in [-0.1, -0.05) is 6.07 Å². The molecule has 1 aliphatic heterocycles. The Morgan fingerprint density at radius 3 is 2.65 bits per heavy atom. The molecule has 0 saturated carbocycles. The van der Waals surface area contributed by atoms with Crippen molar-refractivity contribution in [2.24, 2.45) is 0 Å². The topological polar surface area (TPSA) is 79.5 Å². The minimum atomic E-state index is -3.10. The first-order chi connectivity index (χ1) is 11.0. The normalized spacial score (nSPS) is 18.0. The van der Waals surface area contributed by atoms with E-state index >= 15 is 0 Å². The first-order valence-electron chi connectivity index (χ1n) is 7.89. The lowest BCUT2D eigenvalue weighted by atomic mass is 10.0. The number of nitrogens with zero attached hydrogens (tertiary/aromatic N) is 4.